The molecule has 5 heteroatoms. The molecule has 0 aliphatic carbocycles. The summed E-state index contributed by atoms with van der Waals surface area (Å²) in [6.45, 7) is 0. The second-order valence-corrected chi connectivity index (χ2v) is 7.22. The Hall–Kier alpha value is -0.631. The first-order valence-electron chi connectivity index (χ1n) is 6.32. The third-order valence-corrected chi connectivity index (χ3v) is 4.47. The molecule has 0 aliphatic heterocycles. The molecule has 0 amide bonds. The van der Waals surface area contributed by atoms with Gasteiger partial charge in [-0.2, -0.15) is 35.9 Å². The SMILES string of the molecule is CN(C)CP(=O)(O)CCc1ccc[cH-]1.[Fe+2].c1cc[cH-]c1. The monoisotopic (exact) mass is 335 g/mol. The van der Waals surface area contributed by atoms with E-state index < -0.39 is 7.37 Å². The van der Waals surface area contributed by atoms with Gasteiger partial charge in [0.15, 0.2) is 0 Å². The van der Waals surface area contributed by atoms with Crippen molar-refractivity contribution in [3.63, 3.8) is 0 Å². The van der Waals surface area contributed by atoms with Gasteiger partial charge in [-0.25, -0.2) is 24.3 Å². The minimum Gasteiger partial charge on any atom is -0.343 e. The molecule has 0 aromatic heterocycles. The van der Waals surface area contributed by atoms with Crippen LogP contribution >= 0.6 is 7.37 Å². The molecule has 3 nitrogen and oxygen atoms in total. The summed E-state index contributed by atoms with van der Waals surface area (Å²) in [5.74, 6) is 0. The summed E-state index contributed by atoms with van der Waals surface area (Å²) in [4.78, 5) is 11.4. The second-order valence-electron chi connectivity index (χ2n) is 4.80. The van der Waals surface area contributed by atoms with Crippen LogP contribution in [0.5, 0.6) is 0 Å². The van der Waals surface area contributed by atoms with Gasteiger partial charge in [-0.05, 0) is 20.5 Å². The second kappa shape index (κ2) is 10.1. The van der Waals surface area contributed by atoms with Crippen molar-refractivity contribution in [3.05, 3.63) is 60.2 Å². The van der Waals surface area contributed by atoms with Crippen LogP contribution in [0, 0.1) is 0 Å². The van der Waals surface area contributed by atoms with Crippen molar-refractivity contribution in [2.45, 2.75) is 6.42 Å². The van der Waals surface area contributed by atoms with Crippen molar-refractivity contribution in [2.75, 3.05) is 26.5 Å². The molecule has 0 saturated heterocycles. The molecule has 20 heavy (non-hydrogen) atoms. The van der Waals surface area contributed by atoms with Crippen molar-refractivity contribution in [1.29, 1.82) is 0 Å². The molecule has 0 bridgehead atoms. The third kappa shape index (κ3) is 9.30. The van der Waals surface area contributed by atoms with Gasteiger partial charge in [-0.15, -0.1) is 0 Å². The Bertz CT molecular complexity index is 449. The van der Waals surface area contributed by atoms with Gasteiger partial charge >= 0.3 is 17.1 Å². The van der Waals surface area contributed by atoms with Gasteiger partial charge in [-0.1, -0.05) is 0 Å². The third-order valence-electron chi connectivity index (χ3n) is 2.54. The zero-order valence-electron chi connectivity index (χ0n) is 11.9. The Balaban J connectivity index is 0.000000507. The first-order valence-corrected chi connectivity index (χ1v) is 8.35. The average molecular weight is 335 g/mol. The number of nitrogens with zero attached hydrogens (tertiary/aromatic N) is 1. The van der Waals surface area contributed by atoms with E-state index in [0.29, 0.717) is 12.6 Å². The molecule has 112 valence electrons. The normalized spacial score (nSPS) is 13.0. The van der Waals surface area contributed by atoms with E-state index in [-0.39, 0.29) is 23.4 Å². The van der Waals surface area contributed by atoms with E-state index in [0.717, 1.165) is 5.56 Å². The predicted molar refractivity (Wildman–Crippen MR) is 81.0 cm³/mol. The van der Waals surface area contributed by atoms with Gasteiger partial charge < -0.3 is 9.79 Å². The fraction of sp³-hybridized carbons (Fsp3) is 0.333. The molecule has 2 rings (SSSR count). The quantitative estimate of drug-likeness (QED) is 0.518. The van der Waals surface area contributed by atoms with Gasteiger partial charge in [0, 0.05) is 6.16 Å². The maximum atomic E-state index is 11.6. The zero-order valence-corrected chi connectivity index (χ0v) is 13.9. The largest absolute Gasteiger partial charge is 2.00 e. The number of hydrogen-bond donors (Lipinski definition) is 1. The summed E-state index contributed by atoms with van der Waals surface area (Å²) < 4.78 is 11.6. The molecular weight excluding hydrogens is 313 g/mol. The Labute approximate surface area is 132 Å². The Morgan fingerprint density at radius 3 is 2.25 bits per heavy atom. The molecular formula is C15H22FeNO2P. The van der Waals surface area contributed by atoms with E-state index in [1.807, 2.05) is 68.7 Å². The van der Waals surface area contributed by atoms with Crippen molar-refractivity contribution < 1.29 is 26.5 Å². The van der Waals surface area contributed by atoms with E-state index in [4.69, 9.17) is 0 Å². The van der Waals surface area contributed by atoms with Crippen LogP contribution in [-0.4, -0.2) is 36.3 Å². The fourth-order valence-electron chi connectivity index (χ4n) is 1.72. The predicted octanol–water partition coefficient (Wildman–Crippen LogP) is 3.14. The smallest absolute Gasteiger partial charge is 0.343 e. The van der Waals surface area contributed by atoms with Crippen LogP contribution in [0.4, 0.5) is 0 Å². The van der Waals surface area contributed by atoms with Crippen molar-refractivity contribution in [1.82, 2.24) is 4.90 Å². The maximum Gasteiger partial charge on any atom is 2.00 e. The van der Waals surface area contributed by atoms with Crippen molar-refractivity contribution >= 4 is 7.37 Å². The molecule has 1 N–H and O–H groups in total. The summed E-state index contributed by atoms with van der Waals surface area (Å²) in [6, 6.07) is 17.9. The molecule has 0 radical (unpaired) electrons. The van der Waals surface area contributed by atoms with Crippen LogP contribution < -0.4 is 0 Å². The molecule has 0 aliphatic rings. The minimum absolute atomic E-state index is 0. The van der Waals surface area contributed by atoms with Gasteiger partial charge in [-0.3, -0.25) is 4.57 Å². The molecule has 1 atom stereocenters. The molecule has 2 aromatic carbocycles. The van der Waals surface area contributed by atoms with Crippen LogP contribution in [0.3, 0.4) is 0 Å². The van der Waals surface area contributed by atoms with Gasteiger partial charge in [0.2, 0.25) is 7.37 Å². The van der Waals surface area contributed by atoms with Crippen LogP contribution in [0.15, 0.2) is 54.6 Å². The van der Waals surface area contributed by atoms with E-state index in [1.54, 1.807) is 4.90 Å². The van der Waals surface area contributed by atoms with Crippen molar-refractivity contribution in [3.8, 4) is 0 Å². The summed E-state index contributed by atoms with van der Waals surface area (Å²) in [5.41, 5.74) is 1.14. The average Bonchev–Trinajstić information content (AvgIpc) is 3.01. The minimum atomic E-state index is -2.96. The van der Waals surface area contributed by atoms with Crippen LogP contribution in [0.1, 0.15) is 5.56 Å². The Morgan fingerprint density at radius 2 is 1.85 bits per heavy atom. The number of aryl methyl sites for hydroxylation is 1. The summed E-state index contributed by atoms with van der Waals surface area (Å²) in [5, 5.41) is 0. The topological polar surface area (TPSA) is 40.5 Å². The number of rotatable bonds is 5. The molecule has 0 heterocycles. The standard InChI is InChI=1S/C10H17NO2P.C5H5.Fe/c1-11(2)9-14(12,13)8-7-10-5-3-4-6-10;1-2-4-5-3-1;/h3-6H,7-9H2,1-2H3,(H,12,13);1-5H;/q2*-1;+2. The molecule has 0 saturated carbocycles. The molecule has 2 aromatic rings. The van der Waals surface area contributed by atoms with Gasteiger partial charge in [0.25, 0.3) is 0 Å². The van der Waals surface area contributed by atoms with E-state index in [9.17, 15) is 9.46 Å². The van der Waals surface area contributed by atoms with Gasteiger partial charge in [0.05, 0.1) is 6.29 Å². The van der Waals surface area contributed by atoms with Crippen LogP contribution in [-0.2, 0) is 28.1 Å². The van der Waals surface area contributed by atoms with Crippen LogP contribution in [0.2, 0.25) is 0 Å². The fourth-order valence-corrected chi connectivity index (χ4v) is 3.35. The first-order chi connectivity index (χ1) is 8.99. The van der Waals surface area contributed by atoms with E-state index in [2.05, 4.69) is 0 Å². The van der Waals surface area contributed by atoms with Crippen molar-refractivity contribution in [2.24, 2.45) is 0 Å². The van der Waals surface area contributed by atoms with E-state index in [1.165, 1.54) is 0 Å². The van der Waals surface area contributed by atoms with Gasteiger partial charge in [0.1, 0.15) is 0 Å². The Kier molecular flexibility index (Phi) is 9.83. The molecule has 0 fully saturated rings. The van der Waals surface area contributed by atoms with Crippen LogP contribution in [0.25, 0.3) is 0 Å². The number of hydrogen-bond acceptors (Lipinski definition) is 2. The molecule has 0 spiro atoms. The Morgan fingerprint density at radius 1 is 1.20 bits per heavy atom. The summed E-state index contributed by atoms with van der Waals surface area (Å²) in [7, 11) is 0.658. The maximum absolute atomic E-state index is 11.6. The summed E-state index contributed by atoms with van der Waals surface area (Å²) >= 11 is 0. The van der Waals surface area contributed by atoms with E-state index >= 15 is 0 Å². The molecule has 1 unspecified atom stereocenters. The summed E-state index contributed by atoms with van der Waals surface area (Å²) in [6.07, 6.45) is 1.33. The first kappa shape index (κ1) is 19.4. The zero-order chi connectivity index (χ0) is 14.1.